The summed E-state index contributed by atoms with van der Waals surface area (Å²) in [6.07, 6.45) is 0. The van der Waals surface area contributed by atoms with Crippen molar-refractivity contribution in [1.29, 1.82) is 0 Å². The third kappa shape index (κ3) is 5.04. The van der Waals surface area contributed by atoms with Gasteiger partial charge in [-0.1, -0.05) is 152 Å². The number of rotatable bonds is 6. The minimum Gasteiger partial charge on any atom is -0.310 e. The van der Waals surface area contributed by atoms with E-state index in [1.165, 1.54) is 65.6 Å². The van der Waals surface area contributed by atoms with E-state index in [9.17, 15) is 0 Å². The van der Waals surface area contributed by atoms with Crippen LogP contribution >= 0.6 is 0 Å². The molecule has 0 bridgehead atoms. The van der Waals surface area contributed by atoms with Crippen LogP contribution in [0.15, 0.2) is 206 Å². The summed E-state index contributed by atoms with van der Waals surface area (Å²) in [6, 6.07) is 74.7. The predicted molar refractivity (Wildman–Crippen MR) is 221 cm³/mol. The van der Waals surface area contributed by atoms with Crippen molar-refractivity contribution >= 4 is 60.4 Å². The van der Waals surface area contributed by atoms with Crippen LogP contribution in [0.3, 0.4) is 0 Å². The van der Waals surface area contributed by atoms with Gasteiger partial charge in [-0.05, 0) is 87.4 Å². The van der Waals surface area contributed by atoms with E-state index >= 15 is 0 Å². The van der Waals surface area contributed by atoms with Crippen molar-refractivity contribution < 1.29 is 0 Å². The SMILES string of the molecule is c1ccc(-c2ccccc2N(c2ccc(-c3ccc4ccccc4c3)cc2)c2ccc3c(c2)c2ccc4ccccc4c2n3-c2ccccc2)cc1. The molecule has 2 heteroatoms. The molecular formula is C50H34N2. The van der Waals surface area contributed by atoms with Gasteiger partial charge in [0, 0.05) is 38.8 Å². The van der Waals surface area contributed by atoms with Crippen molar-refractivity contribution in [2.45, 2.75) is 0 Å². The first-order valence-electron chi connectivity index (χ1n) is 17.9. The summed E-state index contributed by atoms with van der Waals surface area (Å²) in [5.41, 5.74) is 11.7. The number of fused-ring (bicyclic) bond motifs is 6. The first-order chi connectivity index (χ1) is 25.8. The molecule has 1 heterocycles. The Kier molecular flexibility index (Phi) is 7.18. The van der Waals surface area contributed by atoms with Gasteiger partial charge >= 0.3 is 0 Å². The van der Waals surface area contributed by atoms with Crippen LogP contribution in [0, 0.1) is 0 Å². The zero-order chi connectivity index (χ0) is 34.4. The minimum absolute atomic E-state index is 1.10. The highest BCUT2D eigenvalue weighted by molar-refractivity contribution is 6.19. The highest BCUT2D eigenvalue weighted by Gasteiger charge is 2.21. The first kappa shape index (κ1) is 30.0. The normalized spacial score (nSPS) is 11.5. The highest BCUT2D eigenvalue weighted by atomic mass is 15.1. The molecule has 0 saturated carbocycles. The summed E-state index contributed by atoms with van der Waals surface area (Å²) in [6.45, 7) is 0. The Hall–Kier alpha value is -6.90. The summed E-state index contributed by atoms with van der Waals surface area (Å²) in [4.78, 5) is 2.42. The fourth-order valence-electron chi connectivity index (χ4n) is 7.88. The van der Waals surface area contributed by atoms with E-state index in [1.54, 1.807) is 0 Å². The molecular weight excluding hydrogens is 629 g/mol. The molecule has 10 rings (SSSR count). The number of aromatic nitrogens is 1. The lowest BCUT2D eigenvalue weighted by molar-refractivity contribution is 1.18. The Morgan fingerprint density at radius 1 is 0.346 bits per heavy atom. The minimum atomic E-state index is 1.10. The van der Waals surface area contributed by atoms with Crippen molar-refractivity contribution in [2.24, 2.45) is 0 Å². The number of nitrogens with zero attached hydrogens (tertiary/aromatic N) is 2. The number of para-hydroxylation sites is 2. The van der Waals surface area contributed by atoms with E-state index in [1.807, 2.05) is 0 Å². The van der Waals surface area contributed by atoms with Crippen LogP contribution in [-0.2, 0) is 0 Å². The van der Waals surface area contributed by atoms with E-state index in [4.69, 9.17) is 0 Å². The lowest BCUT2D eigenvalue weighted by atomic mass is 9.99. The molecule has 52 heavy (non-hydrogen) atoms. The topological polar surface area (TPSA) is 8.17 Å². The summed E-state index contributed by atoms with van der Waals surface area (Å²) in [5.74, 6) is 0. The molecule has 0 amide bonds. The van der Waals surface area contributed by atoms with Crippen LogP contribution < -0.4 is 4.90 Å². The Morgan fingerprint density at radius 2 is 0.981 bits per heavy atom. The van der Waals surface area contributed by atoms with Gasteiger partial charge in [0.2, 0.25) is 0 Å². The molecule has 0 fully saturated rings. The van der Waals surface area contributed by atoms with Crippen LogP contribution in [0.2, 0.25) is 0 Å². The van der Waals surface area contributed by atoms with Crippen molar-refractivity contribution in [1.82, 2.24) is 4.57 Å². The Labute approximate surface area is 303 Å². The quantitative estimate of drug-likeness (QED) is 0.172. The van der Waals surface area contributed by atoms with E-state index < -0.39 is 0 Å². The molecule has 0 spiro atoms. The molecule has 0 radical (unpaired) electrons. The fourth-order valence-corrected chi connectivity index (χ4v) is 7.88. The maximum absolute atomic E-state index is 2.43. The standard InChI is InChI=1S/C50H34N2/c1-3-14-37(15-4-1)44-20-11-12-22-48(44)51(42-28-25-36(26-29-42)40-24-23-35-13-7-8-17-39(35)33-40)43-30-32-49-47(34-43)46-31-27-38-16-9-10-21-45(38)50(46)52(49)41-18-5-2-6-19-41/h1-34H. The number of anilines is 3. The Bertz CT molecular complexity index is 2890. The predicted octanol–water partition coefficient (Wildman–Crippen LogP) is 13.9. The molecule has 0 N–H and O–H groups in total. The van der Waals surface area contributed by atoms with Gasteiger partial charge in [-0.15, -0.1) is 0 Å². The summed E-state index contributed by atoms with van der Waals surface area (Å²) >= 11 is 0. The van der Waals surface area contributed by atoms with E-state index in [2.05, 4.69) is 216 Å². The second kappa shape index (κ2) is 12.5. The molecule has 0 atom stereocenters. The van der Waals surface area contributed by atoms with Crippen LogP contribution in [0.1, 0.15) is 0 Å². The van der Waals surface area contributed by atoms with Gasteiger partial charge in [0.25, 0.3) is 0 Å². The molecule has 9 aromatic carbocycles. The Balaban J connectivity index is 1.20. The largest absolute Gasteiger partial charge is 0.310 e. The lowest BCUT2D eigenvalue weighted by Gasteiger charge is -2.28. The number of benzene rings is 9. The molecule has 0 aliphatic heterocycles. The fraction of sp³-hybridized carbons (Fsp3) is 0. The number of hydrogen-bond acceptors (Lipinski definition) is 1. The molecule has 244 valence electrons. The van der Waals surface area contributed by atoms with E-state index in [0.29, 0.717) is 0 Å². The summed E-state index contributed by atoms with van der Waals surface area (Å²) in [5, 5.41) is 7.44. The lowest BCUT2D eigenvalue weighted by Crippen LogP contribution is -2.11. The summed E-state index contributed by atoms with van der Waals surface area (Å²) < 4.78 is 2.43. The second-order valence-electron chi connectivity index (χ2n) is 13.4. The van der Waals surface area contributed by atoms with Crippen molar-refractivity contribution in [3.8, 4) is 27.9 Å². The second-order valence-corrected chi connectivity index (χ2v) is 13.4. The van der Waals surface area contributed by atoms with Crippen molar-refractivity contribution in [3.63, 3.8) is 0 Å². The van der Waals surface area contributed by atoms with E-state index in [-0.39, 0.29) is 0 Å². The molecule has 0 saturated heterocycles. The van der Waals surface area contributed by atoms with Crippen LogP contribution in [0.5, 0.6) is 0 Å². The van der Waals surface area contributed by atoms with Gasteiger partial charge in [-0.25, -0.2) is 0 Å². The maximum atomic E-state index is 2.43. The van der Waals surface area contributed by atoms with Gasteiger partial charge in [-0.3, -0.25) is 0 Å². The first-order valence-corrected chi connectivity index (χ1v) is 17.9. The molecule has 2 nitrogen and oxygen atoms in total. The number of hydrogen-bond donors (Lipinski definition) is 0. The van der Waals surface area contributed by atoms with Crippen LogP contribution in [-0.4, -0.2) is 4.57 Å². The average molecular weight is 663 g/mol. The smallest absolute Gasteiger partial charge is 0.0619 e. The van der Waals surface area contributed by atoms with Crippen molar-refractivity contribution in [3.05, 3.63) is 206 Å². The average Bonchev–Trinajstić information content (AvgIpc) is 3.56. The molecule has 0 aliphatic rings. The Morgan fingerprint density at radius 3 is 1.81 bits per heavy atom. The summed E-state index contributed by atoms with van der Waals surface area (Å²) in [7, 11) is 0. The third-order valence-corrected chi connectivity index (χ3v) is 10.3. The van der Waals surface area contributed by atoms with E-state index in [0.717, 1.165) is 22.7 Å². The van der Waals surface area contributed by atoms with Gasteiger partial charge in [-0.2, -0.15) is 0 Å². The molecule has 1 aromatic heterocycles. The molecule has 0 aliphatic carbocycles. The molecule has 10 aromatic rings. The molecule has 0 unspecified atom stereocenters. The highest BCUT2D eigenvalue weighted by Crippen LogP contribution is 2.44. The van der Waals surface area contributed by atoms with Gasteiger partial charge < -0.3 is 9.47 Å². The van der Waals surface area contributed by atoms with Gasteiger partial charge in [0.05, 0.1) is 16.7 Å². The maximum Gasteiger partial charge on any atom is 0.0619 e. The van der Waals surface area contributed by atoms with Crippen LogP contribution in [0.25, 0.3) is 71.3 Å². The zero-order valence-electron chi connectivity index (χ0n) is 28.5. The van der Waals surface area contributed by atoms with Crippen LogP contribution in [0.4, 0.5) is 17.1 Å². The monoisotopic (exact) mass is 662 g/mol. The van der Waals surface area contributed by atoms with Crippen molar-refractivity contribution in [2.75, 3.05) is 4.90 Å². The van der Waals surface area contributed by atoms with Gasteiger partial charge in [0.1, 0.15) is 0 Å². The zero-order valence-corrected chi connectivity index (χ0v) is 28.5. The van der Waals surface area contributed by atoms with Gasteiger partial charge in [0.15, 0.2) is 0 Å². The third-order valence-electron chi connectivity index (χ3n) is 10.3.